The number of carbonyl (C=O) groups is 2. The zero-order chi connectivity index (χ0) is 17.2. The molecule has 2 aliphatic heterocycles. The molecule has 2 amide bonds. The number of aryl methyl sites for hydroxylation is 1. The molecule has 1 aromatic heterocycles. The third-order valence-corrected chi connectivity index (χ3v) is 4.29. The van der Waals surface area contributed by atoms with E-state index in [1.807, 2.05) is 6.92 Å². The first-order valence-electron chi connectivity index (χ1n) is 8.08. The highest BCUT2D eigenvalue weighted by atomic mass is 16.6. The van der Waals surface area contributed by atoms with Crippen molar-refractivity contribution in [2.75, 3.05) is 46.0 Å². The summed E-state index contributed by atoms with van der Waals surface area (Å²) < 4.78 is 16.5. The van der Waals surface area contributed by atoms with E-state index in [9.17, 15) is 9.59 Å². The molecular weight excluding hydrogens is 316 g/mol. The van der Waals surface area contributed by atoms with Crippen LogP contribution in [0.5, 0.6) is 0 Å². The van der Waals surface area contributed by atoms with Gasteiger partial charge in [-0.2, -0.15) is 4.98 Å². The molecule has 1 aromatic rings. The Labute approximate surface area is 139 Å². The third kappa shape index (κ3) is 3.57. The van der Waals surface area contributed by atoms with Crippen LogP contribution >= 0.6 is 0 Å². The third-order valence-electron chi connectivity index (χ3n) is 4.29. The van der Waals surface area contributed by atoms with Crippen molar-refractivity contribution in [2.45, 2.75) is 25.9 Å². The van der Waals surface area contributed by atoms with E-state index < -0.39 is 5.60 Å². The van der Waals surface area contributed by atoms with E-state index in [4.69, 9.17) is 14.0 Å². The van der Waals surface area contributed by atoms with E-state index >= 15 is 0 Å². The summed E-state index contributed by atoms with van der Waals surface area (Å²) in [6, 6.07) is 0. The number of ether oxygens (including phenoxy) is 2. The number of morpholine rings is 1. The van der Waals surface area contributed by atoms with Crippen molar-refractivity contribution in [3.63, 3.8) is 0 Å². The Hall–Kier alpha value is -2.00. The van der Waals surface area contributed by atoms with Gasteiger partial charge in [-0.25, -0.2) is 0 Å². The SMILES string of the molecule is CCN1CC2(COCCN(C(=O)Cc3nc(C)no3)C2)OCC1=O. The zero-order valence-corrected chi connectivity index (χ0v) is 14.0. The zero-order valence-electron chi connectivity index (χ0n) is 14.0. The van der Waals surface area contributed by atoms with Crippen LogP contribution in [0.4, 0.5) is 0 Å². The van der Waals surface area contributed by atoms with Crippen LogP contribution in [-0.4, -0.2) is 83.4 Å². The molecule has 9 nitrogen and oxygen atoms in total. The van der Waals surface area contributed by atoms with Gasteiger partial charge in [0.05, 0.1) is 26.3 Å². The maximum Gasteiger partial charge on any atom is 0.248 e. The summed E-state index contributed by atoms with van der Waals surface area (Å²) in [4.78, 5) is 31.9. The van der Waals surface area contributed by atoms with Crippen LogP contribution in [0.1, 0.15) is 18.6 Å². The first-order chi connectivity index (χ1) is 11.5. The van der Waals surface area contributed by atoms with Crippen molar-refractivity contribution in [3.8, 4) is 0 Å². The molecule has 0 N–H and O–H groups in total. The van der Waals surface area contributed by atoms with Crippen LogP contribution in [0.25, 0.3) is 0 Å². The predicted molar refractivity (Wildman–Crippen MR) is 81.1 cm³/mol. The minimum absolute atomic E-state index is 0.0160. The number of amides is 2. The van der Waals surface area contributed by atoms with Crippen LogP contribution in [0.2, 0.25) is 0 Å². The second-order valence-corrected chi connectivity index (χ2v) is 6.16. The van der Waals surface area contributed by atoms with Crippen molar-refractivity contribution in [1.82, 2.24) is 19.9 Å². The quantitative estimate of drug-likeness (QED) is 0.725. The van der Waals surface area contributed by atoms with Crippen molar-refractivity contribution in [1.29, 1.82) is 0 Å². The van der Waals surface area contributed by atoms with E-state index in [1.165, 1.54) is 0 Å². The summed E-state index contributed by atoms with van der Waals surface area (Å²) in [5.74, 6) is 0.645. The van der Waals surface area contributed by atoms with E-state index in [-0.39, 0.29) is 24.8 Å². The molecule has 0 aromatic carbocycles. The van der Waals surface area contributed by atoms with Crippen LogP contribution in [-0.2, 0) is 25.5 Å². The minimum Gasteiger partial charge on any atom is -0.376 e. The maximum atomic E-state index is 12.6. The van der Waals surface area contributed by atoms with Gasteiger partial charge in [0.2, 0.25) is 17.7 Å². The number of aromatic nitrogens is 2. The van der Waals surface area contributed by atoms with Gasteiger partial charge in [-0.05, 0) is 13.8 Å². The monoisotopic (exact) mass is 338 g/mol. The summed E-state index contributed by atoms with van der Waals surface area (Å²) in [5.41, 5.74) is -0.680. The highest BCUT2D eigenvalue weighted by Gasteiger charge is 2.43. The first-order valence-corrected chi connectivity index (χ1v) is 8.08. The van der Waals surface area contributed by atoms with Gasteiger partial charge in [-0.15, -0.1) is 0 Å². The summed E-state index contributed by atoms with van der Waals surface area (Å²) in [5, 5.41) is 3.70. The van der Waals surface area contributed by atoms with Crippen molar-refractivity contribution in [3.05, 3.63) is 11.7 Å². The van der Waals surface area contributed by atoms with E-state index in [0.717, 1.165) is 0 Å². The fraction of sp³-hybridized carbons (Fsp3) is 0.733. The molecule has 1 spiro atoms. The highest BCUT2D eigenvalue weighted by Crippen LogP contribution is 2.23. The van der Waals surface area contributed by atoms with Crippen molar-refractivity contribution >= 4 is 11.8 Å². The lowest BCUT2D eigenvalue weighted by Gasteiger charge is -2.42. The lowest BCUT2D eigenvalue weighted by Crippen LogP contribution is -2.61. The Bertz CT molecular complexity index is 619. The molecule has 3 heterocycles. The van der Waals surface area contributed by atoms with E-state index in [0.29, 0.717) is 51.1 Å². The Morgan fingerprint density at radius 2 is 2.21 bits per heavy atom. The van der Waals surface area contributed by atoms with E-state index in [2.05, 4.69) is 10.1 Å². The maximum absolute atomic E-state index is 12.6. The van der Waals surface area contributed by atoms with Gasteiger partial charge in [-0.1, -0.05) is 5.16 Å². The molecule has 132 valence electrons. The second-order valence-electron chi connectivity index (χ2n) is 6.16. The fourth-order valence-electron chi connectivity index (χ4n) is 3.03. The van der Waals surface area contributed by atoms with Crippen LogP contribution in [0.15, 0.2) is 4.52 Å². The Kier molecular flexibility index (Phi) is 4.81. The summed E-state index contributed by atoms with van der Waals surface area (Å²) in [7, 11) is 0. The van der Waals surface area contributed by atoms with Gasteiger partial charge in [0.25, 0.3) is 0 Å². The second kappa shape index (κ2) is 6.86. The molecule has 9 heteroatoms. The molecule has 1 unspecified atom stereocenters. The molecule has 3 rings (SSSR count). The number of hydrogen-bond donors (Lipinski definition) is 0. The number of likely N-dealkylation sites (N-methyl/N-ethyl adjacent to an activating group) is 1. The van der Waals surface area contributed by atoms with Crippen LogP contribution in [0.3, 0.4) is 0 Å². The summed E-state index contributed by atoms with van der Waals surface area (Å²) in [6.45, 7) is 6.32. The van der Waals surface area contributed by atoms with Crippen molar-refractivity contribution in [2.24, 2.45) is 0 Å². The topological polar surface area (TPSA) is 98.0 Å². The number of hydrogen-bond acceptors (Lipinski definition) is 7. The molecule has 2 saturated heterocycles. The number of nitrogens with zero attached hydrogens (tertiary/aromatic N) is 4. The molecule has 24 heavy (non-hydrogen) atoms. The average molecular weight is 338 g/mol. The fourth-order valence-corrected chi connectivity index (χ4v) is 3.03. The summed E-state index contributed by atoms with van der Waals surface area (Å²) in [6.07, 6.45) is 0.0490. The normalized spacial score (nSPS) is 25.2. The molecule has 0 radical (unpaired) electrons. The average Bonchev–Trinajstić information content (AvgIpc) is 2.86. The summed E-state index contributed by atoms with van der Waals surface area (Å²) >= 11 is 0. The van der Waals surface area contributed by atoms with Crippen LogP contribution in [0, 0.1) is 6.92 Å². The van der Waals surface area contributed by atoms with Gasteiger partial charge in [0.15, 0.2) is 5.82 Å². The van der Waals surface area contributed by atoms with Gasteiger partial charge in [0, 0.05) is 13.1 Å². The minimum atomic E-state index is -0.680. The lowest BCUT2D eigenvalue weighted by molar-refractivity contribution is -0.173. The van der Waals surface area contributed by atoms with Gasteiger partial charge in [-0.3, -0.25) is 9.59 Å². The first kappa shape index (κ1) is 16.8. The highest BCUT2D eigenvalue weighted by molar-refractivity contribution is 5.79. The molecule has 1 atom stereocenters. The number of rotatable bonds is 3. The Morgan fingerprint density at radius 3 is 2.92 bits per heavy atom. The molecule has 0 bridgehead atoms. The molecular formula is C15H22N4O5. The van der Waals surface area contributed by atoms with Gasteiger partial charge < -0.3 is 23.8 Å². The molecule has 0 saturated carbocycles. The standard InChI is InChI=1S/C15H22N4O5/c1-3-18-8-15(23-7-14(18)21)9-19(4-5-22-10-15)13(20)6-12-16-11(2)17-24-12/h3-10H2,1-2H3. The smallest absolute Gasteiger partial charge is 0.248 e. The lowest BCUT2D eigenvalue weighted by atomic mass is 10.0. The Morgan fingerprint density at radius 1 is 1.38 bits per heavy atom. The van der Waals surface area contributed by atoms with Crippen molar-refractivity contribution < 1.29 is 23.6 Å². The predicted octanol–water partition coefficient (Wildman–Crippen LogP) is -0.603. The molecule has 2 fully saturated rings. The largest absolute Gasteiger partial charge is 0.376 e. The Balaban J connectivity index is 1.70. The van der Waals surface area contributed by atoms with Gasteiger partial charge in [0.1, 0.15) is 18.6 Å². The van der Waals surface area contributed by atoms with Gasteiger partial charge >= 0.3 is 0 Å². The van der Waals surface area contributed by atoms with Crippen LogP contribution < -0.4 is 0 Å². The molecule has 2 aliphatic rings. The van der Waals surface area contributed by atoms with E-state index in [1.54, 1.807) is 16.7 Å². The molecule has 0 aliphatic carbocycles. The number of carbonyl (C=O) groups excluding carboxylic acids is 2.